The minimum atomic E-state index is 0. The molecule has 0 spiro atoms. The average molecular weight is 864 g/mol. The summed E-state index contributed by atoms with van der Waals surface area (Å²) in [7, 11) is 2.05. The molecule has 53 heavy (non-hydrogen) atoms. The van der Waals surface area contributed by atoms with Gasteiger partial charge in [-0.25, -0.2) is 0 Å². The van der Waals surface area contributed by atoms with Gasteiger partial charge in [-0.1, -0.05) is 128 Å². The van der Waals surface area contributed by atoms with Crippen LogP contribution >= 0.6 is 0 Å². The van der Waals surface area contributed by atoms with Crippen LogP contribution in [0.25, 0.3) is 66.9 Å². The van der Waals surface area contributed by atoms with Crippen molar-refractivity contribution < 1.29 is 20.1 Å². The maximum absolute atomic E-state index is 4.66. The van der Waals surface area contributed by atoms with Gasteiger partial charge in [0.1, 0.15) is 0 Å². The molecule has 1 radical (unpaired) electrons. The van der Waals surface area contributed by atoms with E-state index >= 15 is 0 Å². The maximum Gasteiger partial charge on any atom is 0.0587 e. The van der Waals surface area contributed by atoms with E-state index < -0.39 is 0 Å². The second-order valence-corrected chi connectivity index (χ2v) is 13.6. The van der Waals surface area contributed by atoms with Gasteiger partial charge in [0, 0.05) is 39.5 Å². The molecule has 0 bridgehead atoms. The summed E-state index contributed by atoms with van der Waals surface area (Å²) in [6.07, 6.45) is 10.7. The van der Waals surface area contributed by atoms with Crippen LogP contribution in [0.15, 0.2) is 164 Å². The van der Waals surface area contributed by atoms with Crippen molar-refractivity contribution in [3.8, 4) is 56.2 Å². The first kappa shape index (κ1) is 36.0. The van der Waals surface area contributed by atoms with Crippen molar-refractivity contribution in [2.24, 2.45) is 7.05 Å². The summed E-state index contributed by atoms with van der Waals surface area (Å²) in [6.45, 7) is 0. The fourth-order valence-corrected chi connectivity index (χ4v) is 7.33. The molecule has 1 saturated carbocycles. The molecule has 1 fully saturated rings. The number of hydrogen-bond donors (Lipinski definition) is 0. The Bertz CT molecular complexity index is 2370. The first-order valence-electron chi connectivity index (χ1n) is 18.3. The standard InChI is InChI=1S/C27H24N.C22H17N2.Ir/c1-2-7-20(8-3-1)21-13-15-22(16-14-21)23-11-6-12-25(17-23)27-18-24-9-4-5-10-26(24)19-28-27;1-24-21(16-23-22(24)20-10-6-3-7-11-20)19-14-12-18(13-15-19)17-8-4-2-5-9-17;/h4-6,9-11,13-20H,1-3,7-8H2;2-10,12-16H,1H3;/q2*-1;. The SMILES string of the molecule is Cn1c(-c2ccc(-c3ccccc3)cc2)cnc1-c1[c-]cccc1.[Ir].[c-]1ccc(-c2ccc(C3CCCCC3)cc2)cc1-c1cc2ccccc2cn1. The number of nitrogens with zero attached hydrogens (tertiary/aromatic N) is 3. The zero-order chi connectivity index (χ0) is 35.1. The van der Waals surface area contributed by atoms with Gasteiger partial charge in [0.05, 0.1) is 11.5 Å². The number of imidazole rings is 1. The molecule has 2 aromatic heterocycles. The molecule has 0 saturated heterocycles. The smallest absolute Gasteiger partial charge is 0.0587 e. The van der Waals surface area contributed by atoms with E-state index in [9.17, 15) is 0 Å². The predicted octanol–water partition coefficient (Wildman–Crippen LogP) is 12.6. The van der Waals surface area contributed by atoms with Gasteiger partial charge >= 0.3 is 0 Å². The van der Waals surface area contributed by atoms with Crippen LogP contribution in [0.4, 0.5) is 0 Å². The third-order valence-corrected chi connectivity index (χ3v) is 10.3. The van der Waals surface area contributed by atoms with Crippen molar-refractivity contribution in [2.45, 2.75) is 38.0 Å². The fourth-order valence-electron chi connectivity index (χ4n) is 7.33. The Labute approximate surface area is 326 Å². The van der Waals surface area contributed by atoms with Gasteiger partial charge < -0.3 is 9.55 Å². The van der Waals surface area contributed by atoms with Gasteiger partial charge in [0.25, 0.3) is 0 Å². The molecule has 263 valence electrons. The molecule has 9 rings (SSSR count). The van der Waals surface area contributed by atoms with Crippen LogP contribution in [0.3, 0.4) is 0 Å². The molecule has 0 amide bonds. The third-order valence-electron chi connectivity index (χ3n) is 10.3. The van der Waals surface area contributed by atoms with E-state index in [4.69, 9.17) is 0 Å². The first-order valence-corrected chi connectivity index (χ1v) is 18.3. The molecule has 1 aliphatic carbocycles. The van der Waals surface area contributed by atoms with Crippen molar-refractivity contribution in [1.29, 1.82) is 0 Å². The summed E-state index contributed by atoms with van der Waals surface area (Å²) in [4.78, 5) is 9.23. The third kappa shape index (κ3) is 8.31. The molecule has 0 atom stereocenters. The molecule has 6 aromatic carbocycles. The van der Waals surface area contributed by atoms with Crippen LogP contribution in [0.1, 0.15) is 43.6 Å². The second-order valence-electron chi connectivity index (χ2n) is 13.6. The number of hydrogen-bond acceptors (Lipinski definition) is 2. The molecular formula is C49H41IrN3-2. The Morgan fingerprint density at radius 2 is 1.17 bits per heavy atom. The molecule has 3 nitrogen and oxygen atoms in total. The Kier molecular flexibility index (Phi) is 11.5. The Morgan fingerprint density at radius 1 is 0.528 bits per heavy atom. The Balaban J connectivity index is 0.000000163. The monoisotopic (exact) mass is 864 g/mol. The van der Waals surface area contributed by atoms with Crippen molar-refractivity contribution >= 4 is 10.8 Å². The second kappa shape index (κ2) is 16.9. The molecule has 1 aliphatic rings. The molecule has 2 heterocycles. The van der Waals surface area contributed by atoms with Crippen molar-refractivity contribution in [1.82, 2.24) is 14.5 Å². The van der Waals surface area contributed by atoms with E-state index in [2.05, 4.69) is 136 Å². The van der Waals surface area contributed by atoms with Gasteiger partial charge in [0.2, 0.25) is 0 Å². The number of aromatic nitrogens is 3. The summed E-state index contributed by atoms with van der Waals surface area (Å²) >= 11 is 0. The van der Waals surface area contributed by atoms with E-state index in [1.807, 2.05) is 61.9 Å². The summed E-state index contributed by atoms with van der Waals surface area (Å²) in [5, 5.41) is 2.38. The Hall–Kier alpha value is -5.41. The minimum Gasteiger partial charge on any atom is -0.367 e. The Morgan fingerprint density at radius 3 is 1.92 bits per heavy atom. The number of rotatable bonds is 6. The molecule has 0 aliphatic heterocycles. The van der Waals surface area contributed by atoms with Crippen molar-refractivity contribution in [2.75, 3.05) is 0 Å². The molecule has 4 heteroatoms. The summed E-state index contributed by atoms with van der Waals surface area (Å²) < 4.78 is 2.11. The average Bonchev–Trinajstić information content (AvgIpc) is 3.63. The van der Waals surface area contributed by atoms with Gasteiger partial charge in [-0.05, 0) is 63.0 Å². The van der Waals surface area contributed by atoms with Crippen LogP contribution in [0.2, 0.25) is 0 Å². The molecule has 0 N–H and O–H groups in total. The minimum absolute atomic E-state index is 0. The number of fused-ring (bicyclic) bond motifs is 1. The predicted molar refractivity (Wildman–Crippen MR) is 216 cm³/mol. The maximum atomic E-state index is 4.66. The van der Waals surface area contributed by atoms with Gasteiger partial charge in [-0.2, -0.15) is 0 Å². The largest absolute Gasteiger partial charge is 0.367 e. The van der Waals surface area contributed by atoms with E-state index in [1.165, 1.54) is 70.7 Å². The van der Waals surface area contributed by atoms with Gasteiger partial charge in [-0.15, -0.1) is 71.3 Å². The van der Waals surface area contributed by atoms with Crippen LogP contribution in [-0.2, 0) is 27.2 Å². The number of pyridine rings is 1. The van der Waals surface area contributed by atoms with Crippen LogP contribution in [0, 0.1) is 12.1 Å². The zero-order valence-corrected chi connectivity index (χ0v) is 32.3. The molecule has 8 aromatic rings. The molecular weight excluding hydrogens is 823 g/mol. The normalized spacial score (nSPS) is 12.8. The first-order chi connectivity index (χ1) is 25.7. The van der Waals surface area contributed by atoms with Crippen LogP contribution < -0.4 is 0 Å². The van der Waals surface area contributed by atoms with Gasteiger partial charge in [-0.3, -0.25) is 4.98 Å². The quantitative estimate of drug-likeness (QED) is 0.156. The van der Waals surface area contributed by atoms with Crippen LogP contribution in [0.5, 0.6) is 0 Å². The van der Waals surface area contributed by atoms with E-state index in [-0.39, 0.29) is 20.1 Å². The fraction of sp³-hybridized carbons (Fsp3) is 0.143. The summed E-state index contributed by atoms with van der Waals surface area (Å²) in [5.41, 5.74) is 11.7. The summed E-state index contributed by atoms with van der Waals surface area (Å²) in [6, 6.07) is 59.6. The topological polar surface area (TPSA) is 30.7 Å². The van der Waals surface area contributed by atoms with E-state index in [0.29, 0.717) is 0 Å². The van der Waals surface area contributed by atoms with Crippen molar-refractivity contribution in [3.05, 3.63) is 182 Å². The van der Waals surface area contributed by atoms with Crippen LogP contribution in [-0.4, -0.2) is 14.5 Å². The van der Waals surface area contributed by atoms with Crippen molar-refractivity contribution in [3.63, 3.8) is 0 Å². The molecule has 0 unspecified atom stereocenters. The summed E-state index contributed by atoms with van der Waals surface area (Å²) in [5.74, 6) is 1.68. The van der Waals surface area contributed by atoms with E-state index in [1.54, 1.807) is 0 Å². The number of benzene rings is 6. The zero-order valence-electron chi connectivity index (χ0n) is 29.9. The van der Waals surface area contributed by atoms with E-state index in [0.717, 1.165) is 39.8 Å². The van der Waals surface area contributed by atoms with Gasteiger partial charge in [0.15, 0.2) is 0 Å².